The lowest BCUT2D eigenvalue weighted by atomic mass is 10.2. The van der Waals surface area contributed by atoms with Crippen LogP contribution in [-0.2, 0) is 6.54 Å². The molecule has 1 N–H and O–H groups in total. The maximum atomic E-state index is 13.7. The van der Waals surface area contributed by atoms with E-state index < -0.39 is 11.7 Å². The fourth-order valence-electron chi connectivity index (χ4n) is 2.27. The lowest BCUT2D eigenvalue weighted by Crippen LogP contribution is -2.23. The highest BCUT2D eigenvalue weighted by Crippen LogP contribution is 2.21. The zero-order valence-electron chi connectivity index (χ0n) is 14.2. The van der Waals surface area contributed by atoms with E-state index in [1.54, 1.807) is 19.2 Å². The van der Waals surface area contributed by atoms with E-state index in [1.807, 2.05) is 12.1 Å². The van der Waals surface area contributed by atoms with Crippen LogP contribution in [0.1, 0.15) is 16.2 Å². The number of halogens is 1. The second-order valence-corrected chi connectivity index (χ2v) is 5.28. The van der Waals surface area contributed by atoms with Crippen molar-refractivity contribution in [3.05, 3.63) is 59.7 Å². The first-order valence-corrected chi connectivity index (χ1v) is 7.69. The SMILES string of the molecule is COc1cccc(-c2noc(CNC(=O)c3ccc(OC)c(F)c3)n2)c1. The van der Waals surface area contributed by atoms with Gasteiger partial charge in [-0.1, -0.05) is 17.3 Å². The quantitative estimate of drug-likeness (QED) is 0.730. The number of amides is 1. The van der Waals surface area contributed by atoms with Gasteiger partial charge in [-0.25, -0.2) is 4.39 Å². The number of nitrogens with zero attached hydrogens (tertiary/aromatic N) is 2. The van der Waals surface area contributed by atoms with Crippen molar-refractivity contribution in [2.24, 2.45) is 0 Å². The van der Waals surface area contributed by atoms with Gasteiger partial charge in [0.2, 0.25) is 11.7 Å². The number of hydrogen-bond donors (Lipinski definition) is 1. The van der Waals surface area contributed by atoms with E-state index in [0.29, 0.717) is 11.6 Å². The van der Waals surface area contributed by atoms with E-state index >= 15 is 0 Å². The zero-order valence-corrected chi connectivity index (χ0v) is 14.2. The number of carbonyl (C=O) groups is 1. The summed E-state index contributed by atoms with van der Waals surface area (Å²) >= 11 is 0. The van der Waals surface area contributed by atoms with E-state index in [0.717, 1.165) is 11.6 Å². The molecule has 0 aliphatic rings. The van der Waals surface area contributed by atoms with E-state index in [1.165, 1.54) is 19.2 Å². The summed E-state index contributed by atoms with van der Waals surface area (Å²) in [4.78, 5) is 16.3. The molecule has 0 saturated heterocycles. The summed E-state index contributed by atoms with van der Waals surface area (Å²) in [6, 6.07) is 11.2. The highest BCUT2D eigenvalue weighted by atomic mass is 19.1. The summed E-state index contributed by atoms with van der Waals surface area (Å²) in [5.41, 5.74) is 0.888. The smallest absolute Gasteiger partial charge is 0.251 e. The van der Waals surface area contributed by atoms with E-state index in [-0.39, 0.29) is 23.7 Å². The molecule has 3 aromatic rings. The van der Waals surface area contributed by atoms with Crippen LogP contribution >= 0.6 is 0 Å². The van der Waals surface area contributed by atoms with Crippen molar-refractivity contribution >= 4 is 5.91 Å². The Hall–Kier alpha value is -3.42. The minimum atomic E-state index is -0.613. The molecule has 7 nitrogen and oxygen atoms in total. The fraction of sp³-hybridized carbons (Fsp3) is 0.167. The Bertz CT molecular complexity index is 926. The molecule has 1 amide bonds. The molecule has 0 saturated carbocycles. The second-order valence-electron chi connectivity index (χ2n) is 5.28. The van der Waals surface area contributed by atoms with Crippen molar-refractivity contribution in [2.45, 2.75) is 6.54 Å². The summed E-state index contributed by atoms with van der Waals surface area (Å²) in [7, 11) is 2.92. The van der Waals surface area contributed by atoms with Crippen molar-refractivity contribution in [3.63, 3.8) is 0 Å². The minimum Gasteiger partial charge on any atom is -0.497 e. The van der Waals surface area contributed by atoms with Crippen LogP contribution in [0.15, 0.2) is 47.0 Å². The van der Waals surface area contributed by atoms with E-state index in [4.69, 9.17) is 14.0 Å². The third kappa shape index (κ3) is 3.80. The first-order valence-electron chi connectivity index (χ1n) is 7.69. The topological polar surface area (TPSA) is 86.5 Å². The number of nitrogens with one attached hydrogen (secondary N) is 1. The Morgan fingerprint density at radius 1 is 1.19 bits per heavy atom. The zero-order chi connectivity index (χ0) is 18.5. The number of rotatable bonds is 6. The molecule has 0 spiro atoms. The molecule has 0 fully saturated rings. The first kappa shape index (κ1) is 17.4. The predicted octanol–water partition coefficient (Wildman–Crippen LogP) is 2.82. The molecular formula is C18H16FN3O4. The molecule has 8 heteroatoms. The van der Waals surface area contributed by atoms with Crippen molar-refractivity contribution < 1.29 is 23.2 Å². The predicted molar refractivity (Wildman–Crippen MR) is 90.4 cm³/mol. The largest absolute Gasteiger partial charge is 0.497 e. The molecule has 0 bridgehead atoms. The van der Waals surface area contributed by atoms with Crippen LogP contribution in [0.3, 0.4) is 0 Å². The molecular weight excluding hydrogens is 341 g/mol. The summed E-state index contributed by atoms with van der Waals surface area (Å²) in [6.07, 6.45) is 0. The van der Waals surface area contributed by atoms with Crippen LogP contribution in [0.4, 0.5) is 4.39 Å². The van der Waals surface area contributed by atoms with Crippen LogP contribution < -0.4 is 14.8 Å². The number of aromatic nitrogens is 2. The maximum Gasteiger partial charge on any atom is 0.251 e. The monoisotopic (exact) mass is 357 g/mol. The Balaban J connectivity index is 1.66. The number of ether oxygens (including phenoxy) is 2. The Morgan fingerprint density at radius 2 is 2.04 bits per heavy atom. The third-order valence-corrected chi connectivity index (χ3v) is 3.61. The fourth-order valence-corrected chi connectivity index (χ4v) is 2.27. The van der Waals surface area contributed by atoms with Gasteiger partial charge in [0.1, 0.15) is 5.75 Å². The number of hydrogen-bond acceptors (Lipinski definition) is 6. The summed E-state index contributed by atoms with van der Waals surface area (Å²) < 4.78 is 28.8. The van der Waals surface area contributed by atoms with E-state index in [9.17, 15) is 9.18 Å². The summed E-state index contributed by atoms with van der Waals surface area (Å²) in [6.45, 7) is 0.0173. The highest BCUT2D eigenvalue weighted by Gasteiger charge is 2.13. The van der Waals surface area contributed by atoms with Crippen LogP contribution in [0.25, 0.3) is 11.4 Å². The van der Waals surface area contributed by atoms with Crippen molar-refractivity contribution in [3.8, 4) is 22.9 Å². The van der Waals surface area contributed by atoms with Gasteiger partial charge in [-0.05, 0) is 30.3 Å². The molecule has 1 aromatic heterocycles. The standard InChI is InChI=1S/C18H16FN3O4/c1-24-13-5-3-4-11(8-13)17-21-16(26-22-17)10-20-18(23)12-6-7-15(25-2)14(19)9-12/h3-9H,10H2,1-2H3,(H,20,23). The molecule has 26 heavy (non-hydrogen) atoms. The van der Waals surface area contributed by atoms with Crippen LogP contribution in [0, 0.1) is 5.82 Å². The lowest BCUT2D eigenvalue weighted by molar-refractivity contribution is 0.0945. The second kappa shape index (κ2) is 7.64. The van der Waals surface area contributed by atoms with Crippen LogP contribution in [0.5, 0.6) is 11.5 Å². The van der Waals surface area contributed by atoms with Crippen molar-refractivity contribution in [2.75, 3.05) is 14.2 Å². The van der Waals surface area contributed by atoms with Gasteiger partial charge >= 0.3 is 0 Å². The molecule has 0 aliphatic heterocycles. The third-order valence-electron chi connectivity index (χ3n) is 3.61. The number of benzene rings is 2. The maximum absolute atomic E-state index is 13.7. The van der Waals surface area contributed by atoms with Gasteiger partial charge in [0.05, 0.1) is 20.8 Å². The highest BCUT2D eigenvalue weighted by molar-refractivity contribution is 5.94. The molecule has 134 valence electrons. The van der Waals surface area contributed by atoms with Gasteiger partial charge in [-0.3, -0.25) is 4.79 Å². The molecule has 1 heterocycles. The van der Waals surface area contributed by atoms with E-state index in [2.05, 4.69) is 15.5 Å². The van der Waals surface area contributed by atoms with Gasteiger partial charge < -0.3 is 19.3 Å². The number of methoxy groups -OCH3 is 2. The van der Waals surface area contributed by atoms with Gasteiger partial charge in [0.25, 0.3) is 5.91 Å². The summed E-state index contributed by atoms with van der Waals surface area (Å²) in [5, 5.41) is 6.48. The van der Waals surface area contributed by atoms with Gasteiger partial charge in [-0.15, -0.1) is 0 Å². The minimum absolute atomic E-state index is 0.0173. The molecule has 0 unspecified atom stereocenters. The van der Waals surface area contributed by atoms with Crippen LogP contribution in [-0.4, -0.2) is 30.3 Å². The number of carbonyl (C=O) groups excluding carboxylic acids is 1. The summed E-state index contributed by atoms with van der Waals surface area (Å²) in [5.74, 6) is 0.268. The molecule has 2 aromatic carbocycles. The average molecular weight is 357 g/mol. The van der Waals surface area contributed by atoms with Gasteiger partial charge in [0.15, 0.2) is 11.6 Å². The molecule has 3 rings (SSSR count). The first-order chi connectivity index (χ1) is 12.6. The Morgan fingerprint density at radius 3 is 2.77 bits per heavy atom. The van der Waals surface area contributed by atoms with Crippen LogP contribution in [0.2, 0.25) is 0 Å². The van der Waals surface area contributed by atoms with Crippen molar-refractivity contribution in [1.29, 1.82) is 0 Å². The normalized spacial score (nSPS) is 10.4. The average Bonchev–Trinajstić information content (AvgIpc) is 3.15. The van der Waals surface area contributed by atoms with Crippen molar-refractivity contribution in [1.82, 2.24) is 15.5 Å². The molecule has 0 radical (unpaired) electrons. The van der Waals surface area contributed by atoms with Gasteiger partial charge in [-0.2, -0.15) is 4.98 Å². The lowest BCUT2D eigenvalue weighted by Gasteiger charge is -2.05. The molecule has 0 aliphatic carbocycles. The Kier molecular flexibility index (Phi) is 5.12. The Labute approximate surface area is 148 Å². The van der Waals surface area contributed by atoms with Gasteiger partial charge in [0, 0.05) is 11.1 Å². The molecule has 0 atom stereocenters.